The predicted octanol–water partition coefficient (Wildman–Crippen LogP) is 5.33. The summed E-state index contributed by atoms with van der Waals surface area (Å²) in [5.74, 6) is 0.868. The number of rotatable bonds is 6. The van der Waals surface area contributed by atoms with Gasteiger partial charge in [-0.1, -0.05) is 72.0 Å². The summed E-state index contributed by atoms with van der Waals surface area (Å²) in [7, 11) is -0.457. The molecule has 2 aromatic rings. The lowest BCUT2D eigenvalue weighted by atomic mass is 9.84. The molecule has 3 rings (SSSR count). The molecular weight excluding hydrogens is 375 g/mol. The standard InChI is InChI=1S/C24H33BO3Si/c1-23(2)24(3,4)28-25(27-23)18-22(17-19-12-11-13-20(16-19)26-5)29(6,7)21-14-9-8-10-15-21/h8-17H,18H2,1-7H3/b22-17+. The van der Waals surface area contributed by atoms with E-state index in [1.165, 1.54) is 10.4 Å². The largest absolute Gasteiger partial charge is 0.497 e. The first-order valence-electron chi connectivity index (χ1n) is 10.3. The van der Waals surface area contributed by atoms with E-state index in [0.29, 0.717) is 0 Å². The Hall–Kier alpha value is -1.82. The van der Waals surface area contributed by atoms with E-state index in [2.05, 4.69) is 89.3 Å². The van der Waals surface area contributed by atoms with Crippen molar-refractivity contribution in [2.45, 2.75) is 58.3 Å². The molecular formula is C24H33BO3Si. The van der Waals surface area contributed by atoms with Crippen LogP contribution in [0.4, 0.5) is 0 Å². The van der Waals surface area contributed by atoms with Crippen LogP contribution in [0.25, 0.3) is 6.08 Å². The van der Waals surface area contributed by atoms with Crippen LogP contribution in [0.5, 0.6) is 5.75 Å². The maximum Gasteiger partial charge on any atom is 0.461 e. The van der Waals surface area contributed by atoms with Crippen LogP contribution in [0.1, 0.15) is 33.3 Å². The van der Waals surface area contributed by atoms with Crippen molar-refractivity contribution in [2.24, 2.45) is 0 Å². The lowest BCUT2D eigenvalue weighted by Crippen LogP contribution is -2.45. The molecule has 0 aliphatic carbocycles. The van der Waals surface area contributed by atoms with Gasteiger partial charge in [-0.15, -0.1) is 0 Å². The van der Waals surface area contributed by atoms with Crippen LogP contribution in [0, 0.1) is 0 Å². The quantitative estimate of drug-likeness (QED) is 0.605. The highest BCUT2D eigenvalue weighted by Crippen LogP contribution is 2.39. The van der Waals surface area contributed by atoms with Crippen molar-refractivity contribution in [1.29, 1.82) is 0 Å². The number of benzene rings is 2. The molecule has 0 radical (unpaired) electrons. The summed E-state index contributed by atoms with van der Waals surface area (Å²) in [5.41, 5.74) is 0.501. The molecule has 1 aliphatic heterocycles. The fourth-order valence-electron chi connectivity index (χ4n) is 3.70. The van der Waals surface area contributed by atoms with Crippen LogP contribution in [0.2, 0.25) is 19.4 Å². The number of ether oxygens (including phenoxy) is 1. The molecule has 0 aromatic heterocycles. The van der Waals surface area contributed by atoms with Gasteiger partial charge in [-0.25, -0.2) is 0 Å². The minimum absolute atomic E-state index is 0.243. The van der Waals surface area contributed by atoms with Gasteiger partial charge in [0, 0.05) is 6.32 Å². The van der Waals surface area contributed by atoms with Crippen LogP contribution in [0.3, 0.4) is 0 Å². The summed E-state index contributed by atoms with van der Waals surface area (Å²) >= 11 is 0. The van der Waals surface area contributed by atoms with E-state index in [1.54, 1.807) is 7.11 Å². The molecule has 0 atom stereocenters. The zero-order valence-corrected chi connectivity index (χ0v) is 19.8. The highest BCUT2D eigenvalue weighted by Gasteiger charge is 2.51. The van der Waals surface area contributed by atoms with Crippen molar-refractivity contribution in [3.8, 4) is 5.75 Å². The highest BCUT2D eigenvalue weighted by atomic mass is 28.3. The molecule has 0 N–H and O–H groups in total. The molecule has 1 heterocycles. The Morgan fingerprint density at radius 2 is 1.59 bits per heavy atom. The first kappa shape index (κ1) is 21.9. The third-order valence-corrected chi connectivity index (χ3v) is 10.2. The third kappa shape index (κ3) is 4.68. The van der Waals surface area contributed by atoms with Crippen LogP contribution in [-0.4, -0.2) is 33.5 Å². The van der Waals surface area contributed by atoms with Gasteiger partial charge in [0.05, 0.1) is 18.3 Å². The van der Waals surface area contributed by atoms with Gasteiger partial charge in [-0.3, -0.25) is 0 Å². The van der Waals surface area contributed by atoms with Crippen LogP contribution < -0.4 is 9.92 Å². The predicted molar refractivity (Wildman–Crippen MR) is 125 cm³/mol. The van der Waals surface area contributed by atoms with Gasteiger partial charge in [0.25, 0.3) is 0 Å². The van der Waals surface area contributed by atoms with Gasteiger partial charge in [-0.05, 0) is 45.4 Å². The minimum Gasteiger partial charge on any atom is -0.497 e. The summed E-state index contributed by atoms with van der Waals surface area (Å²) in [6.45, 7) is 13.2. The Morgan fingerprint density at radius 3 is 2.17 bits per heavy atom. The molecule has 2 aromatic carbocycles. The summed E-state index contributed by atoms with van der Waals surface area (Å²) in [4.78, 5) is 0. The van der Waals surface area contributed by atoms with E-state index in [1.807, 2.05) is 12.1 Å². The molecule has 0 bridgehead atoms. The number of hydrogen-bond acceptors (Lipinski definition) is 3. The molecule has 3 nitrogen and oxygen atoms in total. The second kappa shape index (κ2) is 8.13. The highest BCUT2D eigenvalue weighted by molar-refractivity contribution is 6.96. The number of hydrogen-bond donors (Lipinski definition) is 0. The van der Waals surface area contributed by atoms with E-state index >= 15 is 0 Å². The number of allylic oxidation sites excluding steroid dienone is 1. The van der Waals surface area contributed by atoms with E-state index in [0.717, 1.165) is 17.6 Å². The Balaban J connectivity index is 1.99. The van der Waals surface area contributed by atoms with Crippen LogP contribution in [0.15, 0.2) is 59.8 Å². The van der Waals surface area contributed by atoms with Crippen molar-refractivity contribution < 1.29 is 14.0 Å². The smallest absolute Gasteiger partial charge is 0.461 e. The van der Waals surface area contributed by atoms with Crippen molar-refractivity contribution in [3.05, 3.63) is 65.4 Å². The van der Waals surface area contributed by atoms with Gasteiger partial charge in [0.1, 0.15) is 13.8 Å². The molecule has 5 heteroatoms. The second-order valence-electron chi connectivity index (χ2n) is 9.33. The summed E-state index contributed by atoms with van der Waals surface area (Å²) in [6, 6.07) is 19.0. The van der Waals surface area contributed by atoms with Gasteiger partial charge < -0.3 is 14.0 Å². The monoisotopic (exact) mass is 408 g/mol. The average molecular weight is 408 g/mol. The van der Waals surface area contributed by atoms with Gasteiger partial charge in [-0.2, -0.15) is 0 Å². The molecule has 0 saturated carbocycles. The van der Waals surface area contributed by atoms with Gasteiger partial charge in [0.2, 0.25) is 0 Å². The summed E-state index contributed by atoms with van der Waals surface area (Å²) in [5, 5.41) is 2.81. The van der Waals surface area contributed by atoms with Crippen molar-refractivity contribution >= 4 is 26.5 Å². The Kier molecular flexibility index (Phi) is 6.14. The summed E-state index contributed by atoms with van der Waals surface area (Å²) < 4.78 is 18.1. The van der Waals surface area contributed by atoms with Crippen LogP contribution in [-0.2, 0) is 9.31 Å². The lowest BCUT2D eigenvalue weighted by Gasteiger charge is -2.32. The zero-order chi connectivity index (χ0) is 21.3. The molecule has 0 unspecified atom stereocenters. The topological polar surface area (TPSA) is 27.7 Å². The molecule has 0 spiro atoms. The second-order valence-corrected chi connectivity index (χ2v) is 13.8. The molecule has 0 amide bonds. The van der Waals surface area contributed by atoms with E-state index in [4.69, 9.17) is 14.0 Å². The Labute approximate surface area is 177 Å². The Morgan fingerprint density at radius 1 is 0.966 bits per heavy atom. The molecule has 154 valence electrons. The average Bonchev–Trinajstić information content (AvgIpc) is 2.88. The molecule has 29 heavy (non-hydrogen) atoms. The third-order valence-electron chi connectivity index (χ3n) is 6.42. The number of methoxy groups -OCH3 is 1. The van der Waals surface area contributed by atoms with Gasteiger partial charge >= 0.3 is 7.12 Å². The van der Waals surface area contributed by atoms with E-state index in [-0.39, 0.29) is 18.3 Å². The Bertz CT molecular complexity index is 859. The summed E-state index contributed by atoms with van der Waals surface area (Å²) in [6.07, 6.45) is 3.07. The first-order valence-corrected chi connectivity index (χ1v) is 13.3. The maximum absolute atomic E-state index is 6.34. The van der Waals surface area contributed by atoms with Crippen LogP contribution >= 0.6 is 0 Å². The molecule has 1 fully saturated rings. The normalized spacial score (nSPS) is 18.7. The van der Waals surface area contributed by atoms with E-state index in [9.17, 15) is 0 Å². The fourth-order valence-corrected chi connectivity index (χ4v) is 6.30. The van der Waals surface area contributed by atoms with E-state index < -0.39 is 8.07 Å². The minimum atomic E-state index is -1.92. The van der Waals surface area contributed by atoms with Crippen molar-refractivity contribution in [3.63, 3.8) is 0 Å². The zero-order valence-electron chi connectivity index (χ0n) is 18.8. The molecule has 1 aliphatic rings. The van der Waals surface area contributed by atoms with Gasteiger partial charge in [0.15, 0.2) is 0 Å². The SMILES string of the molecule is COc1cccc(/C=C(\CB2OC(C)(C)C(C)(C)O2)[Si](C)(C)c2ccccc2)c1. The fraction of sp³-hybridized carbons (Fsp3) is 0.417. The van der Waals surface area contributed by atoms with Crippen molar-refractivity contribution in [2.75, 3.05) is 7.11 Å². The van der Waals surface area contributed by atoms with Crippen molar-refractivity contribution in [1.82, 2.24) is 0 Å². The first-order chi connectivity index (χ1) is 13.5. The maximum atomic E-state index is 6.34. The lowest BCUT2D eigenvalue weighted by molar-refractivity contribution is 0.00578. The molecule has 1 saturated heterocycles.